The Morgan fingerprint density at radius 2 is 2.00 bits per heavy atom. The van der Waals surface area contributed by atoms with Gasteiger partial charge in [0.15, 0.2) is 0 Å². The Hall–Kier alpha value is -0.500. The third-order valence-corrected chi connectivity index (χ3v) is 3.19. The van der Waals surface area contributed by atoms with Crippen LogP contribution >= 0.6 is 11.3 Å². The van der Waals surface area contributed by atoms with Crippen LogP contribution in [0, 0.1) is 6.07 Å². The third kappa shape index (κ3) is 1.41. The second-order valence-corrected chi connectivity index (χ2v) is 4.19. The van der Waals surface area contributed by atoms with Crippen molar-refractivity contribution in [2.24, 2.45) is 0 Å². The summed E-state index contributed by atoms with van der Waals surface area (Å²) in [6.07, 6.45) is 6.45. The maximum atomic E-state index is 5.67. The van der Waals surface area contributed by atoms with Crippen molar-refractivity contribution in [2.75, 3.05) is 5.73 Å². The van der Waals surface area contributed by atoms with E-state index in [0.717, 1.165) is 5.00 Å². The van der Waals surface area contributed by atoms with Crippen LogP contribution in [0.2, 0.25) is 0 Å². The van der Waals surface area contributed by atoms with E-state index in [0.29, 0.717) is 0 Å². The van der Waals surface area contributed by atoms with Crippen molar-refractivity contribution in [3.8, 4) is 0 Å². The van der Waals surface area contributed by atoms with Crippen LogP contribution in [0.4, 0.5) is 5.00 Å². The number of nitrogen functional groups attached to an aromatic ring is 1. The van der Waals surface area contributed by atoms with Crippen LogP contribution in [0.15, 0.2) is 0 Å². The molecule has 0 saturated carbocycles. The highest BCUT2D eigenvalue weighted by molar-refractivity contribution is 7.16. The maximum Gasteiger partial charge on any atom is 0.0943 e. The first-order valence-corrected chi connectivity index (χ1v) is 4.97. The number of rotatable bonds is 0. The molecule has 1 aliphatic rings. The number of fused-ring (bicyclic) bond motifs is 1. The normalized spacial score (nSPS) is 17.5. The maximum absolute atomic E-state index is 5.67. The highest BCUT2D eigenvalue weighted by Crippen LogP contribution is 2.29. The molecule has 0 amide bonds. The van der Waals surface area contributed by atoms with Gasteiger partial charge in [-0.15, -0.1) is 11.3 Å². The molecule has 2 heteroatoms. The van der Waals surface area contributed by atoms with E-state index < -0.39 is 0 Å². The minimum absolute atomic E-state index is 0.872. The molecule has 2 rings (SSSR count). The van der Waals surface area contributed by atoms with Crippen molar-refractivity contribution in [1.82, 2.24) is 0 Å². The summed E-state index contributed by atoms with van der Waals surface area (Å²) in [5, 5.41) is 0.872. The van der Waals surface area contributed by atoms with Gasteiger partial charge in [-0.25, -0.2) is 0 Å². The van der Waals surface area contributed by atoms with E-state index in [1.165, 1.54) is 42.5 Å². The molecule has 1 aromatic heterocycles. The van der Waals surface area contributed by atoms with E-state index in [1.54, 1.807) is 11.3 Å². The summed E-state index contributed by atoms with van der Waals surface area (Å²) in [6.45, 7) is 0. The molecule has 0 saturated heterocycles. The fraction of sp³-hybridized carbons (Fsp3) is 0.556. The molecule has 1 heterocycles. The molecule has 0 aliphatic heterocycles. The first-order valence-electron chi connectivity index (χ1n) is 4.15. The smallest absolute Gasteiger partial charge is 0.0943 e. The number of anilines is 1. The van der Waals surface area contributed by atoms with Crippen LogP contribution in [0.1, 0.15) is 29.7 Å². The summed E-state index contributed by atoms with van der Waals surface area (Å²) in [5.74, 6) is 0. The zero-order valence-electron chi connectivity index (χ0n) is 6.52. The van der Waals surface area contributed by atoms with Crippen molar-refractivity contribution < 1.29 is 0 Å². The Labute approximate surface area is 71.2 Å². The Bertz CT molecular complexity index is 229. The summed E-state index contributed by atoms with van der Waals surface area (Å²) in [7, 11) is 0. The van der Waals surface area contributed by atoms with Gasteiger partial charge in [0.2, 0.25) is 0 Å². The fourth-order valence-corrected chi connectivity index (χ4v) is 2.57. The molecular weight excluding hydrogens is 154 g/mol. The van der Waals surface area contributed by atoms with E-state index >= 15 is 0 Å². The van der Waals surface area contributed by atoms with Crippen LogP contribution in [-0.2, 0) is 12.8 Å². The Morgan fingerprint density at radius 1 is 1.18 bits per heavy atom. The minimum Gasteiger partial charge on any atom is -0.390 e. The van der Waals surface area contributed by atoms with Crippen LogP contribution in [0.3, 0.4) is 0 Å². The molecule has 59 valence electrons. The zero-order valence-corrected chi connectivity index (χ0v) is 7.34. The summed E-state index contributed by atoms with van der Waals surface area (Å²) in [6, 6.07) is 3.23. The number of hydrogen-bond donors (Lipinski definition) is 1. The van der Waals surface area contributed by atoms with Gasteiger partial charge in [-0.3, -0.25) is 0 Å². The molecule has 0 aromatic carbocycles. The van der Waals surface area contributed by atoms with E-state index in [-0.39, 0.29) is 0 Å². The van der Waals surface area contributed by atoms with Crippen LogP contribution in [-0.4, -0.2) is 0 Å². The van der Waals surface area contributed by atoms with Gasteiger partial charge in [0.1, 0.15) is 0 Å². The zero-order chi connectivity index (χ0) is 7.68. The third-order valence-electron chi connectivity index (χ3n) is 2.17. The number of thiophene rings is 1. The predicted molar refractivity (Wildman–Crippen MR) is 48.8 cm³/mol. The average molecular weight is 166 g/mol. The van der Waals surface area contributed by atoms with Gasteiger partial charge >= 0.3 is 0 Å². The lowest BCUT2D eigenvalue weighted by atomic mass is 10.1. The Morgan fingerprint density at radius 3 is 2.91 bits per heavy atom. The Kier molecular flexibility index (Phi) is 1.86. The monoisotopic (exact) mass is 166 g/mol. The van der Waals surface area contributed by atoms with Crippen molar-refractivity contribution in [3.05, 3.63) is 16.5 Å². The predicted octanol–water partition coefficient (Wildman–Crippen LogP) is 2.40. The second kappa shape index (κ2) is 2.86. The molecule has 0 fully saturated rings. The SMILES string of the molecule is Nc1[c]c2c(s1)CCCCC2. The quantitative estimate of drug-likeness (QED) is 0.588. The average Bonchev–Trinajstić information content (AvgIpc) is 2.17. The van der Waals surface area contributed by atoms with Gasteiger partial charge in [-0.2, -0.15) is 0 Å². The number of hydrogen-bond acceptors (Lipinski definition) is 2. The lowest BCUT2D eigenvalue weighted by Crippen LogP contribution is -1.82. The van der Waals surface area contributed by atoms with Crippen molar-refractivity contribution in [2.45, 2.75) is 32.1 Å². The second-order valence-electron chi connectivity index (χ2n) is 3.05. The standard InChI is InChI=1S/C9H12NS/c10-9-6-7-4-2-1-3-5-8(7)11-9/h1-5,10H2. The van der Waals surface area contributed by atoms with Gasteiger partial charge in [-0.05, 0) is 31.2 Å². The van der Waals surface area contributed by atoms with Gasteiger partial charge in [0, 0.05) is 10.9 Å². The summed E-state index contributed by atoms with van der Waals surface area (Å²) >= 11 is 1.73. The van der Waals surface area contributed by atoms with E-state index in [2.05, 4.69) is 6.07 Å². The molecular formula is C9H12NS. The number of nitrogens with two attached hydrogens (primary N) is 1. The summed E-state index contributed by atoms with van der Waals surface area (Å²) in [4.78, 5) is 1.49. The highest BCUT2D eigenvalue weighted by Gasteiger charge is 2.10. The van der Waals surface area contributed by atoms with Crippen molar-refractivity contribution in [3.63, 3.8) is 0 Å². The van der Waals surface area contributed by atoms with Gasteiger partial charge in [0.25, 0.3) is 0 Å². The Balaban J connectivity index is 2.32. The largest absolute Gasteiger partial charge is 0.390 e. The van der Waals surface area contributed by atoms with Crippen LogP contribution in [0.5, 0.6) is 0 Å². The minimum atomic E-state index is 0.872. The molecule has 1 radical (unpaired) electrons. The van der Waals surface area contributed by atoms with Crippen LogP contribution < -0.4 is 5.73 Å². The van der Waals surface area contributed by atoms with Crippen molar-refractivity contribution >= 4 is 16.3 Å². The molecule has 0 spiro atoms. The molecule has 2 N–H and O–H groups in total. The van der Waals surface area contributed by atoms with Gasteiger partial charge in [-0.1, -0.05) is 6.42 Å². The highest BCUT2D eigenvalue weighted by atomic mass is 32.1. The summed E-state index contributed by atoms with van der Waals surface area (Å²) in [5.41, 5.74) is 7.07. The molecule has 1 nitrogen and oxygen atoms in total. The molecule has 11 heavy (non-hydrogen) atoms. The lowest BCUT2D eigenvalue weighted by molar-refractivity contribution is 0.712. The van der Waals surface area contributed by atoms with Gasteiger partial charge in [0.05, 0.1) is 5.00 Å². The van der Waals surface area contributed by atoms with Crippen molar-refractivity contribution in [1.29, 1.82) is 0 Å². The van der Waals surface area contributed by atoms with Crippen LogP contribution in [0.25, 0.3) is 0 Å². The van der Waals surface area contributed by atoms with Gasteiger partial charge < -0.3 is 5.73 Å². The molecule has 0 bridgehead atoms. The first-order chi connectivity index (χ1) is 5.36. The van der Waals surface area contributed by atoms with E-state index in [4.69, 9.17) is 5.73 Å². The molecule has 1 aliphatic carbocycles. The topological polar surface area (TPSA) is 26.0 Å². The fourth-order valence-electron chi connectivity index (χ4n) is 1.61. The van der Waals surface area contributed by atoms with E-state index in [1.807, 2.05) is 0 Å². The lowest BCUT2D eigenvalue weighted by Gasteiger charge is -1.92. The first kappa shape index (κ1) is 7.17. The number of aryl methyl sites for hydroxylation is 2. The molecule has 1 aromatic rings. The molecule has 0 atom stereocenters. The van der Waals surface area contributed by atoms with E-state index in [9.17, 15) is 0 Å². The molecule has 0 unspecified atom stereocenters. The summed E-state index contributed by atoms with van der Waals surface area (Å²) < 4.78 is 0.